The van der Waals surface area contributed by atoms with Crippen LogP contribution >= 0.6 is 0 Å². The molecule has 0 aliphatic carbocycles. The first-order valence-corrected chi connectivity index (χ1v) is 17.9. The maximum Gasteiger partial charge on any atom is 0.0547 e. The topological polar surface area (TPSA) is 9.86 Å². The maximum absolute atomic E-state index is 2.41. The molecule has 0 amide bonds. The number of rotatable bonds is 4. The summed E-state index contributed by atoms with van der Waals surface area (Å²) in [5.41, 5.74) is 12.0. The SMILES string of the molecule is c1ccc(-n2c3ccc(-c4ccc5c6ccccc6n(-c6ccccc6)c5c4)cc3c3cc(-c4cc5ccccc5c5ccccc45)ccc32)cc1. The zero-order valence-corrected chi connectivity index (χ0v) is 28.4. The lowest BCUT2D eigenvalue weighted by molar-refractivity contribution is 1.18. The Hall–Kier alpha value is -6.90. The number of benzene rings is 9. The van der Waals surface area contributed by atoms with Crippen LogP contribution in [0.1, 0.15) is 0 Å². The zero-order chi connectivity index (χ0) is 34.2. The molecule has 242 valence electrons. The van der Waals surface area contributed by atoms with Gasteiger partial charge in [-0.2, -0.15) is 0 Å². The Balaban J connectivity index is 1.16. The van der Waals surface area contributed by atoms with Gasteiger partial charge in [0.25, 0.3) is 0 Å². The van der Waals surface area contributed by atoms with Gasteiger partial charge in [-0.15, -0.1) is 0 Å². The van der Waals surface area contributed by atoms with Crippen molar-refractivity contribution in [2.45, 2.75) is 0 Å². The van der Waals surface area contributed by atoms with E-state index < -0.39 is 0 Å². The molecule has 2 heteroatoms. The van der Waals surface area contributed by atoms with Crippen LogP contribution in [0.25, 0.3) is 98.8 Å². The van der Waals surface area contributed by atoms with Gasteiger partial charge in [0.2, 0.25) is 0 Å². The summed E-state index contributed by atoms with van der Waals surface area (Å²) in [6, 6.07) is 71.0. The van der Waals surface area contributed by atoms with Gasteiger partial charge >= 0.3 is 0 Å². The Morgan fingerprint density at radius 2 is 0.731 bits per heavy atom. The van der Waals surface area contributed by atoms with Crippen LogP contribution in [0.2, 0.25) is 0 Å². The number of para-hydroxylation sites is 3. The molecule has 52 heavy (non-hydrogen) atoms. The quantitative estimate of drug-likeness (QED) is 0.166. The van der Waals surface area contributed by atoms with Crippen LogP contribution in [0.3, 0.4) is 0 Å². The number of fused-ring (bicyclic) bond motifs is 9. The van der Waals surface area contributed by atoms with E-state index in [1.54, 1.807) is 0 Å². The molecule has 0 fully saturated rings. The average molecular weight is 661 g/mol. The van der Waals surface area contributed by atoms with Crippen LogP contribution in [0.5, 0.6) is 0 Å². The number of hydrogen-bond acceptors (Lipinski definition) is 0. The van der Waals surface area contributed by atoms with Gasteiger partial charge in [-0.05, 0) is 111 Å². The van der Waals surface area contributed by atoms with Crippen molar-refractivity contribution < 1.29 is 0 Å². The molecule has 0 saturated heterocycles. The van der Waals surface area contributed by atoms with Crippen molar-refractivity contribution >= 4 is 65.2 Å². The van der Waals surface area contributed by atoms with E-state index in [9.17, 15) is 0 Å². The summed E-state index contributed by atoms with van der Waals surface area (Å²) < 4.78 is 4.81. The van der Waals surface area contributed by atoms with E-state index in [1.807, 2.05) is 0 Å². The first-order valence-electron chi connectivity index (χ1n) is 17.9. The fraction of sp³-hybridized carbons (Fsp3) is 0. The van der Waals surface area contributed by atoms with Gasteiger partial charge in [0.05, 0.1) is 22.1 Å². The van der Waals surface area contributed by atoms with Crippen LogP contribution < -0.4 is 0 Å². The second-order valence-electron chi connectivity index (χ2n) is 13.7. The Labute approximate surface area is 301 Å². The normalized spacial score (nSPS) is 11.8. The second-order valence-corrected chi connectivity index (χ2v) is 13.7. The highest BCUT2D eigenvalue weighted by molar-refractivity contribution is 6.16. The maximum atomic E-state index is 2.41. The summed E-state index contributed by atoms with van der Waals surface area (Å²) in [4.78, 5) is 0. The third kappa shape index (κ3) is 4.31. The molecule has 2 aromatic heterocycles. The molecule has 2 nitrogen and oxygen atoms in total. The third-order valence-corrected chi connectivity index (χ3v) is 10.9. The molecule has 9 aromatic carbocycles. The molecule has 11 aromatic rings. The van der Waals surface area contributed by atoms with Crippen molar-refractivity contribution in [3.05, 3.63) is 194 Å². The summed E-state index contributed by atoms with van der Waals surface area (Å²) in [5, 5.41) is 10.1. The van der Waals surface area contributed by atoms with Crippen molar-refractivity contribution in [1.82, 2.24) is 9.13 Å². The molecule has 0 saturated carbocycles. The highest BCUT2D eigenvalue weighted by Crippen LogP contribution is 2.41. The summed E-state index contributed by atoms with van der Waals surface area (Å²) in [7, 11) is 0. The lowest BCUT2D eigenvalue weighted by atomic mass is 9.92. The Kier molecular flexibility index (Phi) is 6.28. The lowest BCUT2D eigenvalue weighted by Gasteiger charge is -2.12. The van der Waals surface area contributed by atoms with Gasteiger partial charge in [0.1, 0.15) is 0 Å². The predicted octanol–water partition coefficient (Wildman–Crippen LogP) is 13.5. The van der Waals surface area contributed by atoms with E-state index in [-0.39, 0.29) is 0 Å². The molecule has 11 rings (SSSR count). The number of hydrogen-bond donors (Lipinski definition) is 0. The summed E-state index contributed by atoms with van der Waals surface area (Å²) >= 11 is 0. The van der Waals surface area contributed by atoms with E-state index in [1.165, 1.54) is 93.1 Å². The molecule has 0 aliphatic heterocycles. The van der Waals surface area contributed by atoms with Gasteiger partial charge in [0, 0.05) is 32.9 Å². The van der Waals surface area contributed by atoms with E-state index in [2.05, 4.69) is 203 Å². The van der Waals surface area contributed by atoms with E-state index in [4.69, 9.17) is 0 Å². The molecular weight excluding hydrogens is 629 g/mol. The monoisotopic (exact) mass is 660 g/mol. The van der Waals surface area contributed by atoms with Crippen LogP contribution in [-0.4, -0.2) is 9.13 Å². The smallest absolute Gasteiger partial charge is 0.0547 e. The summed E-state index contributed by atoms with van der Waals surface area (Å²) in [6.07, 6.45) is 0. The minimum atomic E-state index is 1.16. The highest BCUT2D eigenvalue weighted by Gasteiger charge is 2.17. The average Bonchev–Trinajstić information content (AvgIpc) is 3.73. The summed E-state index contributed by atoms with van der Waals surface area (Å²) in [6.45, 7) is 0. The van der Waals surface area contributed by atoms with E-state index >= 15 is 0 Å². The van der Waals surface area contributed by atoms with Gasteiger partial charge in [0.15, 0.2) is 0 Å². The zero-order valence-electron chi connectivity index (χ0n) is 28.4. The molecular formula is C50H32N2. The molecule has 0 aliphatic rings. The fourth-order valence-corrected chi connectivity index (χ4v) is 8.52. The van der Waals surface area contributed by atoms with Gasteiger partial charge in [-0.1, -0.05) is 127 Å². The minimum Gasteiger partial charge on any atom is -0.309 e. The van der Waals surface area contributed by atoms with Crippen molar-refractivity contribution in [1.29, 1.82) is 0 Å². The predicted molar refractivity (Wildman–Crippen MR) is 221 cm³/mol. The van der Waals surface area contributed by atoms with Crippen molar-refractivity contribution in [2.75, 3.05) is 0 Å². The standard InChI is InChI=1S/C50H32N2/c1-3-14-37(15-4-1)51-48-27-24-33(34-23-26-43-42-21-11-12-22-47(42)52(50(43)32-34)38-16-5-2-6-17-38)29-45(48)46-31-36(25-28-49(46)51)44-30-35-13-7-8-18-39(35)40-19-9-10-20-41(40)44/h1-32H. The molecule has 0 bridgehead atoms. The minimum absolute atomic E-state index is 1.16. The Morgan fingerprint density at radius 1 is 0.250 bits per heavy atom. The van der Waals surface area contributed by atoms with Crippen LogP contribution in [0, 0.1) is 0 Å². The highest BCUT2D eigenvalue weighted by atomic mass is 15.0. The van der Waals surface area contributed by atoms with Gasteiger partial charge in [-0.3, -0.25) is 0 Å². The van der Waals surface area contributed by atoms with Gasteiger partial charge < -0.3 is 9.13 Å². The molecule has 0 atom stereocenters. The van der Waals surface area contributed by atoms with Crippen LogP contribution in [0.4, 0.5) is 0 Å². The number of aromatic nitrogens is 2. The Morgan fingerprint density at radius 3 is 1.46 bits per heavy atom. The lowest BCUT2D eigenvalue weighted by Crippen LogP contribution is -1.93. The largest absolute Gasteiger partial charge is 0.309 e. The van der Waals surface area contributed by atoms with Crippen molar-refractivity contribution in [3.8, 4) is 33.6 Å². The molecule has 2 heterocycles. The van der Waals surface area contributed by atoms with E-state index in [0.29, 0.717) is 0 Å². The van der Waals surface area contributed by atoms with Crippen molar-refractivity contribution in [3.63, 3.8) is 0 Å². The van der Waals surface area contributed by atoms with Gasteiger partial charge in [-0.25, -0.2) is 0 Å². The van der Waals surface area contributed by atoms with Crippen LogP contribution in [0.15, 0.2) is 194 Å². The number of nitrogens with zero attached hydrogens (tertiary/aromatic N) is 2. The molecule has 0 radical (unpaired) electrons. The first kappa shape index (κ1) is 28.9. The first-order chi connectivity index (χ1) is 25.8. The molecule has 0 spiro atoms. The van der Waals surface area contributed by atoms with Crippen molar-refractivity contribution in [2.24, 2.45) is 0 Å². The Bertz CT molecular complexity index is 3160. The fourth-order valence-electron chi connectivity index (χ4n) is 8.52. The third-order valence-electron chi connectivity index (χ3n) is 10.9. The summed E-state index contributed by atoms with van der Waals surface area (Å²) in [5.74, 6) is 0. The van der Waals surface area contributed by atoms with E-state index in [0.717, 1.165) is 5.69 Å². The molecule has 0 N–H and O–H groups in total. The van der Waals surface area contributed by atoms with Crippen LogP contribution in [-0.2, 0) is 0 Å². The molecule has 0 unspecified atom stereocenters. The second kappa shape index (κ2) is 11.3.